The molecular formula is C13H8Cl2N2O2. The van der Waals surface area contributed by atoms with Gasteiger partial charge in [-0.15, -0.1) is 0 Å². The Hall–Kier alpha value is -1.78. The zero-order valence-electron chi connectivity index (χ0n) is 9.80. The molecule has 0 fully saturated rings. The first-order valence-corrected chi connectivity index (χ1v) is 6.28. The van der Waals surface area contributed by atoms with Crippen molar-refractivity contribution in [3.05, 3.63) is 33.8 Å². The van der Waals surface area contributed by atoms with Crippen molar-refractivity contribution in [2.24, 2.45) is 0 Å². The van der Waals surface area contributed by atoms with Gasteiger partial charge in [-0.3, -0.25) is 9.59 Å². The summed E-state index contributed by atoms with van der Waals surface area (Å²) in [4.78, 5) is 23.1. The van der Waals surface area contributed by atoms with Crippen molar-refractivity contribution < 1.29 is 9.59 Å². The van der Waals surface area contributed by atoms with E-state index >= 15 is 0 Å². The molecule has 3 rings (SSSR count). The average molecular weight is 295 g/mol. The van der Waals surface area contributed by atoms with E-state index in [1.54, 1.807) is 18.2 Å². The molecule has 6 heteroatoms. The molecule has 2 amide bonds. The van der Waals surface area contributed by atoms with Crippen molar-refractivity contribution in [2.45, 2.75) is 6.92 Å². The van der Waals surface area contributed by atoms with Crippen LogP contribution in [0.5, 0.6) is 0 Å². The molecule has 2 aromatic carbocycles. The van der Waals surface area contributed by atoms with E-state index in [1.165, 1.54) is 6.92 Å². The highest BCUT2D eigenvalue weighted by molar-refractivity contribution is 6.44. The van der Waals surface area contributed by atoms with Crippen LogP contribution >= 0.6 is 23.2 Å². The van der Waals surface area contributed by atoms with E-state index in [-0.39, 0.29) is 16.8 Å². The molecule has 0 aliphatic carbocycles. The second-order valence-electron chi connectivity index (χ2n) is 4.26. The van der Waals surface area contributed by atoms with Gasteiger partial charge in [-0.2, -0.15) is 0 Å². The van der Waals surface area contributed by atoms with Gasteiger partial charge in [-0.1, -0.05) is 23.2 Å². The minimum atomic E-state index is -0.262. The van der Waals surface area contributed by atoms with Crippen LogP contribution in [0.25, 0.3) is 10.8 Å². The van der Waals surface area contributed by atoms with Gasteiger partial charge < -0.3 is 10.6 Å². The van der Waals surface area contributed by atoms with Crippen molar-refractivity contribution in [3.63, 3.8) is 0 Å². The van der Waals surface area contributed by atoms with E-state index in [2.05, 4.69) is 10.6 Å². The normalized spacial score (nSPS) is 12.7. The Kier molecular flexibility index (Phi) is 2.66. The van der Waals surface area contributed by atoms with Crippen molar-refractivity contribution in [2.75, 3.05) is 10.6 Å². The van der Waals surface area contributed by atoms with Gasteiger partial charge in [0, 0.05) is 23.4 Å². The molecule has 0 aromatic heterocycles. The van der Waals surface area contributed by atoms with Crippen LogP contribution in [0.4, 0.5) is 11.4 Å². The maximum Gasteiger partial charge on any atom is 0.257 e. The van der Waals surface area contributed by atoms with Crippen molar-refractivity contribution in [3.8, 4) is 0 Å². The summed E-state index contributed by atoms with van der Waals surface area (Å²) < 4.78 is 0. The standard InChI is InChI=1S/C13H8Cl2N2O2/c1-5(18)16-9-4-7(15)11-12-8(17-13(11)19)3-2-6(14)10(9)12/h2-4H,1H3,(H,16,18)(H,17,19). The van der Waals surface area contributed by atoms with Crippen LogP contribution in [-0.4, -0.2) is 11.8 Å². The Morgan fingerprint density at radius 3 is 2.63 bits per heavy atom. The second kappa shape index (κ2) is 4.11. The molecule has 96 valence electrons. The fourth-order valence-electron chi connectivity index (χ4n) is 2.29. The summed E-state index contributed by atoms with van der Waals surface area (Å²) in [5, 5.41) is 7.41. The molecule has 4 nitrogen and oxygen atoms in total. The summed E-state index contributed by atoms with van der Waals surface area (Å²) in [5.41, 5.74) is 1.54. The molecule has 2 aromatic rings. The van der Waals surface area contributed by atoms with Crippen LogP contribution in [0.3, 0.4) is 0 Å². The third-order valence-electron chi connectivity index (χ3n) is 2.97. The Morgan fingerprint density at radius 2 is 1.95 bits per heavy atom. The number of carbonyl (C=O) groups excluding carboxylic acids is 2. The third kappa shape index (κ3) is 1.76. The van der Waals surface area contributed by atoms with E-state index in [0.717, 1.165) is 0 Å². The quantitative estimate of drug-likeness (QED) is 0.843. The highest BCUT2D eigenvalue weighted by atomic mass is 35.5. The average Bonchev–Trinajstić information content (AvgIpc) is 2.63. The summed E-state index contributed by atoms with van der Waals surface area (Å²) in [5.74, 6) is -0.494. The predicted molar refractivity (Wildman–Crippen MR) is 76.2 cm³/mol. The van der Waals surface area contributed by atoms with Gasteiger partial charge >= 0.3 is 0 Å². The SMILES string of the molecule is CC(=O)Nc1cc(Cl)c2c3c(ccc(Cl)c13)NC2=O. The smallest absolute Gasteiger partial charge is 0.257 e. The molecule has 1 heterocycles. The summed E-state index contributed by atoms with van der Waals surface area (Å²) in [6.45, 7) is 1.40. The lowest BCUT2D eigenvalue weighted by Crippen LogP contribution is -2.07. The third-order valence-corrected chi connectivity index (χ3v) is 3.58. The van der Waals surface area contributed by atoms with Crippen LogP contribution in [0.15, 0.2) is 18.2 Å². The highest BCUT2D eigenvalue weighted by Crippen LogP contribution is 2.44. The molecule has 0 saturated heterocycles. The van der Waals surface area contributed by atoms with Crippen LogP contribution in [0, 0.1) is 0 Å². The Labute approximate surface area is 118 Å². The van der Waals surface area contributed by atoms with Gasteiger partial charge in [-0.05, 0) is 18.2 Å². The van der Waals surface area contributed by atoms with E-state index in [4.69, 9.17) is 23.2 Å². The lowest BCUT2D eigenvalue weighted by atomic mass is 10.0. The lowest BCUT2D eigenvalue weighted by Gasteiger charge is -2.11. The number of anilines is 2. The number of hydrogen-bond donors (Lipinski definition) is 2. The molecule has 1 aliphatic rings. The fourth-order valence-corrected chi connectivity index (χ4v) is 2.84. The van der Waals surface area contributed by atoms with E-state index in [1.807, 2.05) is 0 Å². The second-order valence-corrected chi connectivity index (χ2v) is 5.08. The minimum Gasteiger partial charge on any atom is -0.326 e. The zero-order chi connectivity index (χ0) is 13.7. The van der Waals surface area contributed by atoms with Gasteiger partial charge in [0.15, 0.2) is 0 Å². The number of amides is 2. The Balaban J connectivity index is 2.45. The predicted octanol–water partition coefficient (Wildman–Crippen LogP) is 3.67. The van der Waals surface area contributed by atoms with E-state index in [0.29, 0.717) is 32.7 Å². The molecule has 0 bridgehead atoms. The topological polar surface area (TPSA) is 58.2 Å². The Bertz CT molecular complexity index is 756. The number of nitrogens with one attached hydrogen (secondary N) is 2. The molecule has 19 heavy (non-hydrogen) atoms. The maximum atomic E-state index is 11.9. The van der Waals surface area contributed by atoms with Gasteiger partial charge in [0.1, 0.15) is 0 Å². The lowest BCUT2D eigenvalue weighted by molar-refractivity contribution is -0.114. The van der Waals surface area contributed by atoms with Crippen LogP contribution < -0.4 is 10.6 Å². The van der Waals surface area contributed by atoms with Crippen molar-refractivity contribution in [1.29, 1.82) is 0 Å². The zero-order valence-corrected chi connectivity index (χ0v) is 11.3. The molecule has 2 N–H and O–H groups in total. The molecule has 0 radical (unpaired) electrons. The molecule has 0 spiro atoms. The Morgan fingerprint density at radius 1 is 1.21 bits per heavy atom. The van der Waals surface area contributed by atoms with Crippen molar-refractivity contribution in [1.82, 2.24) is 0 Å². The van der Waals surface area contributed by atoms with Crippen LogP contribution in [0.1, 0.15) is 17.3 Å². The molecule has 0 saturated carbocycles. The van der Waals surface area contributed by atoms with E-state index < -0.39 is 0 Å². The first kappa shape index (κ1) is 12.3. The largest absolute Gasteiger partial charge is 0.326 e. The molecular weight excluding hydrogens is 287 g/mol. The molecule has 0 unspecified atom stereocenters. The number of rotatable bonds is 1. The van der Waals surface area contributed by atoms with Gasteiger partial charge in [-0.25, -0.2) is 0 Å². The maximum absolute atomic E-state index is 11.9. The van der Waals surface area contributed by atoms with Gasteiger partial charge in [0.25, 0.3) is 5.91 Å². The van der Waals surface area contributed by atoms with Gasteiger partial charge in [0.2, 0.25) is 5.91 Å². The molecule has 1 aliphatic heterocycles. The minimum absolute atomic E-state index is 0.231. The number of carbonyl (C=O) groups is 2. The summed E-state index contributed by atoms with van der Waals surface area (Å²) >= 11 is 12.3. The van der Waals surface area contributed by atoms with E-state index in [9.17, 15) is 9.59 Å². The first-order chi connectivity index (χ1) is 8.99. The number of halogens is 2. The molecule has 0 atom stereocenters. The first-order valence-electron chi connectivity index (χ1n) is 5.52. The monoisotopic (exact) mass is 294 g/mol. The summed E-state index contributed by atoms with van der Waals surface area (Å²) in [6, 6.07) is 4.93. The number of benzene rings is 2. The van der Waals surface area contributed by atoms with Crippen LogP contribution in [0.2, 0.25) is 10.0 Å². The summed E-state index contributed by atoms with van der Waals surface area (Å²) in [7, 11) is 0. The highest BCUT2D eigenvalue weighted by Gasteiger charge is 2.27. The number of hydrogen-bond acceptors (Lipinski definition) is 2. The summed E-state index contributed by atoms with van der Waals surface area (Å²) in [6.07, 6.45) is 0. The van der Waals surface area contributed by atoms with Crippen LogP contribution in [-0.2, 0) is 4.79 Å². The fraction of sp³-hybridized carbons (Fsp3) is 0.0769. The van der Waals surface area contributed by atoms with Crippen molar-refractivity contribution >= 4 is 57.2 Å². The van der Waals surface area contributed by atoms with Gasteiger partial charge in [0.05, 0.1) is 21.3 Å².